The number of hydrogen-bond acceptors (Lipinski definition) is 3. The molecule has 130 valence electrons. The quantitative estimate of drug-likeness (QED) is 0.633. The Morgan fingerprint density at radius 3 is 1.88 bits per heavy atom. The van der Waals surface area contributed by atoms with Gasteiger partial charge in [0.25, 0.3) is 0 Å². The molecule has 0 spiro atoms. The normalized spacial score (nSPS) is 9.12. The number of anilines is 1. The predicted octanol–water partition coefficient (Wildman–Crippen LogP) is 5.61. The smallest absolute Gasteiger partial charge is 0.195 e. The van der Waals surface area contributed by atoms with Crippen molar-refractivity contribution < 1.29 is 4.79 Å². The third kappa shape index (κ3) is 5.01. The summed E-state index contributed by atoms with van der Waals surface area (Å²) in [4.78, 5) is 16.9. The van der Waals surface area contributed by atoms with Crippen LogP contribution in [0.1, 0.15) is 43.6 Å². The summed E-state index contributed by atoms with van der Waals surface area (Å²) < 4.78 is 0. The van der Waals surface area contributed by atoms with E-state index in [2.05, 4.69) is 4.98 Å². The van der Waals surface area contributed by atoms with Gasteiger partial charge in [-0.05, 0) is 6.07 Å². The summed E-state index contributed by atoms with van der Waals surface area (Å²) >= 11 is 0. The van der Waals surface area contributed by atoms with Crippen molar-refractivity contribution in [2.45, 2.75) is 27.7 Å². The van der Waals surface area contributed by atoms with E-state index >= 15 is 0 Å². The molecule has 0 aliphatic rings. The van der Waals surface area contributed by atoms with Crippen molar-refractivity contribution >= 4 is 11.5 Å². The molecule has 3 heteroatoms. The van der Waals surface area contributed by atoms with E-state index in [1.807, 2.05) is 76.2 Å². The first-order valence-corrected chi connectivity index (χ1v) is 8.67. The molecule has 25 heavy (non-hydrogen) atoms. The van der Waals surface area contributed by atoms with Gasteiger partial charge in [-0.3, -0.25) is 9.78 Å². The molecule has 0 radical (unpaired) electrons. The first-order chi connectivity index (χ1) is 12.3. The van der Waals surface area contributed by atoms with E-state index < -0.39 is 0 Å². The molecule has 3 nitrogen and oxygen atoms in total. The zero-order chi connectivity index (χ0) is 18.7. The topological polar surface area (TPSA) is 56.0 Å². The number of hydrogen-bond donors (Lipinski definition) is 1. The number of nitrogens with zero attached hydrogens (tertiary/aromatic N) is 1. The molecule has 1 aromatic heterocycles. The fourth-order valence-corrected chi connectivity index (χ4v) is 2.24. The summed E-state index contributed by atoms with van der Waals surface area (Å²) in [6.07, 6.45) is 1.62. The number of benzene rings is 2. The molecule has 0 aliphatic carbocycles. The third-order valence-electron chi connectivity index (χ3n) is 3.32. The zero-order valence-corrected chi connectivity index (χ0v) is 15.4. The van der Waals surface area contributed by atoms with E-state index in [0.717, 1.165) is 5.56 Å². The monoisotopic (exact) mass is 334 g/mol. The lowest BCUT2D eigenvalue weighted by atomic mass is 10.00. The molecule has 0 saturated heterocycles. The minimum Gasteiger partial charge on any atom is -0.396 e. The number of rotatable bonds is 3. The summed E-state index contributed by atoms with van der Waals surface area (Å²) in [5, 5.41) is 0. The van der Waals surface area contributed by atoms with Crippen LogP contribution in [-0.2, 0) is 0 Å². The van der Waals surface area contributed by atoms with Crippen LogP contribution in [0.5, 0.6) is 0 Å². The molecule has 2 N–H and O–H groups in total. The summed E-state index contributed by atoms with van der Waals surface area (Å²) in [5.41, 5.74) is 9.22. The van der Waals surface area contributed by atoms with E-state index in [4.69, 9.17) is 5.73 Å². The van der Waals surface area contributed by atoms with E-state index in [1.165, 1.54) is 0 Å². The van der Waals surface area contributed by atoms with Crippen LogP contribution < -0.4 is 5.73 Å². The minimum atomic E-state index is -0.0901. The van der Waals surface area contributed by atoms with Crippen molar-refractivity contribution in [2.24, 2.45) is 0 Å². The fourth-order valence-electron chi connectivity index (χ4n) is 2.24. The number of aromatic nitrogens is 1. The first-order valence-electron chi connectivity index (χ1n) is 8.67. The summed E-state index contributed by atoms with van der Waals surface area (Å²) in [6, 6.07) is 20.4. The number of nitrogen functional groups attached to an aromatic ring is 1. The highest BCUT2D eigenvalue weighted by Crippen LogP contribution is 2.27. The van der Waals surface area contributed by atoms with Crippen molar-refractivity contribution in [3.05, 3.63) is 84.1 Å². The second-order valence-electron chi connectivity index (χ2n) is 4.68. The zero-order valence-electron chi connectivity index (χ0n) is 15.4. The van der Waals surface area contributed by atoms with Crippen molar-refractivity contribution in [1.29, 1.82) is 0 Å². The van der Waals surface area contributed by atoms with Gasteiger partial charge in [0.15, 0.2) is 5.78 Å². The Labute approximate surface area is 150 Å². The molecule has 0 unspecified atom stereocenters. The number of carbonyl (C=O) groups excluding carboxylic acids is 1. The Hall–Kier alpha value is -2.94. The van der Waals surface area contributed by atoms with Gasteiger partial charge in [-0.15, -0.1) is 0 Å². The van der Waals surface area contributed by atoms with Crippen molar-refractivity contribution in [2.75, 3.05) is 5.73 Å². The van der Waals surface area contributed by atoms with Gasteiger partial charge >= 0.3 is 0 Å². The number of pyridine rings is 1. The average molecular weight is 334 g/mol. The molecule has 0 bridgehead atoms. The lowest BCUT2D eigenvalue weighted by Crippen LogP contribution is -2.07. The molecule has 0 amide bonds. The molecule has 3 aromatic rings. The maximum Gasteiger partial charge on any atom is 0.195 e. The second kappa shape index (κ2) is 10.8. The minimum absolute atomic E-state index is 0.0901. The van der Waals surface area contributed by atoms with Crippen LogP contribution in [0.4, 0.5) is 5.69 Å². The molecule has 0 atom stereocenters. The van der Waals surface area contributed by atoms with Gasteiger partial charge in [-0.2, -0.15) is 0 Å². The number of nitrogens with two attached hydrogens (primary N) is 1. The lowest BCUT2D eigenvalue weighted by Gasteiger charge is -2.09. The number of carbonyl (C=O) groups is 1. The largest absolute Gasteiger partial charge is 0.396 e. The summed E-state index contributed by atoms with van der Waals surface area (Å²) in [6.45, 7) is 8.00. The highest BCUT2D eigenvalue weighted by atomic mass is 16.1. The van der Waals surface area contributed by atoms with Crippen LogP contribution in [0.25, 0.3) is 11.3 Å². The fraction of sp³-hybridized carbons (Fsp3) is 0.182. The van der Waals surface area contributed by atoms with E-state index in [-0.39, 0.29) is 5.78 Å². The van der Waals surface area contributed by atoms with Gasteiger partial charge in [0.05, 0.1) is 11.4 Å². The van der Waals surface area contributed by atoms with E-state index in [0.29, 0.717) is 22.5 Å². The molecule has 0 saturated carbocycles. The molecular formula is C22H26N2O. The molecule has 0 aliphatic heterocycles. The highest BCUT2D eigenvalue weighted by molar-refractivity contribution is 6.13. The maximum atomic E-state index is 12.5. The Morgan fingerprint density at radius 1 is 0.800 bits per heavy atom. The van der Waals surface area contributed by atoms with Crippen LogP contribution in [0.3, 0.4) is 0 Å². The van der Waals surface area contributed by atoms with Crippen LogP contribution >= 0.6 is 0 Å². The van der Waals surface area contributed by atoms with E-state index in [9.17, 15) is 4.79 Å². The van der Waals surface area contributed by atoms with Gasteiger partial charge in [-0.25, -0.2) is 0 Å². The Morgan fingerprint density at radius 2 is 1.32 bits per heavy atom. The van der Waals surface area contributed by atoms with Crippen LogP contribution in [0.2, 0.25) is 0 Å². The standard InChI is InChI=1S/C18H14N2O.2C2H6/c19-16-15(18(21)14-9-5-2-6-10-14)11-12-20-17(16)13-7-3-1-4-8-13;2*1-2/h1-12H,19H2;2*1-2H3. The first kappa shape index (κ1) is 20.1. The van der Waals surface area contributed by atoms with Crippen LogP contribution in [0.15, 0.2) is 72.9 Å². The van der Waals surface area contributed by atoms with Gasteiger partial charge in [0.2, 0.25) is 0 Å². The van der Waals surface area contributed by atoms with Crippen molar-refractivity contribution in [3.8, 4) is 11.3 Å². The molecule has 1 heterocycles. The maximum absolute atomic E-state index is 12.5. The summed E-state index contributed by atoms with van der Waals surface area (Å²) in [5.74, 6) is -0.0901. The third-order valence-corrected chi connectivity index (χ3v) is 3.32. The predicted molar refractivity (Wildman–Crippen MR) is 107 cm³/mol. The molecule has 0 fully saturated rings. The van der Waals surface area contributed by atoms with Gasteiger partial charge in [-0.1, -0.05) is 88.4 Å². The van der Waals surface area contributed by atoms with Gasteiger partial charge in [0.1, 0.15) is 0 Å². The molecule has 3 rings (SSSR count). The SMILES string of the molecule is CC.CC.Nc1c(C(=O)c2ccccc2)ccnc1-c1ccccc1. The number of ketones is 1. The second-order valence-corrected chi connectivity index (χ2v) is 4.68. The molecule has 2 aromatic carbocycles. The van der Waals surface area contributed by atoms with Crippen molar-refractivity contribution in [1.82, 2.24) is 4.98 Å². The van der Waals surface area contributed by atoms with Gasteiger partial charge < -0.3 is 5.73 Å². The van der Waals surface area contributed by atoms with E-state index in [1.54, 1.807) is 24.4 Å². The Kier molecular flexibility index (Phi) is 8.66. The Balaban J connectivity index is 0.000000730. The summed E-state index contributed by atoms with van der Waals surface area (Å²) in [7, 11) is 0. The van der Waals surface area contributed by atoms with Crippen LogP contribution in [-0.4, -0.2) is 10.8 Å². The van der Waals surface area contributed by atoms with Crippen LogP contribution in [0, 0.1) is 0 Å². The van der Waals surface area contributed by atoms with Crippen molar-refractivity contribution in [3.63, 3.8) is 0 Å². The average Bonchev–Trinajstić information content (AvgIpc) is 2.72. The lowest BCUT2D eigenvalue weighted by molar-refractivity contribution is 0.103. The highest BCUT2D eigenvalue weighted by Gasteiger charge is 2.15. The molecular weight excluding hydrogens is 308 g/mol. The Bertz CT molecular complexity index is 769. The van der Waals surface area contributed by atoms with Gasteiger partial charge in [0, 0.05) is 22.9 Å².